The summed E-state index contributed by atoms with van der Waals surface area (Å²) in [6.45, 7) is 4.86. The van der Waals surface area contributed by atoms with Crippen LogP contribution in [0.4, 0.5) is 5.82 Å². The van der Waals surface area contributed by atoms with Gasteiger partial charge in [-0.25, -0.2) is 9.97 Å². The molecule has 0 aliphatic heterocycles. The Hall–Kier alpha value is -2.69. The molecule has 3 aromatic rings. The lowest BCUT2D eigenvalue weighted by atomic mass is 10.2. The number of aryl methyl sites for hydroxylation is 1. The van der Waals surface area contributed by atoms with Gasteiger partial charge in [-0.05, 0) is 43.2 Å². The summed E-state index contributed by atoms with van der Waals surface area (Å²) < 4.78 is 6.04. The third-order valence-corrected chi connectivity index (χ3v) is 3.59. The zero-order valence-electron chi connectivity index (χ0n) is 13.4. The van der Waals surface area contributed by atoms with E-state index in [0.717, 1.165) is 23.5 Å². The summed E-state index contributed by atoms with van der Waals surface area (Å²) in [7, 11) is 0. The first-order valence-corrected chi connectivity index (χ1v) is 7.79. The highest BCUT2D eigenvalue weighted by Crippen LogP contribution is 2.16. The number of anilines is 1. The number of hydrogen-bond donors (Lipinski definition) is 1. The predicted octanol–water partition coefficient (Wildman–Crippen LogP) is 3.60. The summed E-state index contributed by atoms with van der Waals surface area (Å²) in [4.78, 5) is 12.9. The maximum Gasteiger partial charge on any atom is 0.180 e. The van der Waals surface area contributed by atoms with Gasteiger partial charge in [-0.2, -0.15) is 0 Å². The summed E-state index contributed by atoms with van der Waals surface area (Å²) in [6, 6.07) is 11.9. The van der Waals surface area contributed by atoms with Crippen molar-refractivity contribution in [3.05, 3.63) is 54.4 Å². The van der Waals surface area contributed by atoms with Crippen LogP contribution in [0.3, 0.4) is 0 Å². The molecule has 0 radical (unpaired) electrons. The molecule has 2 aromatic heterocycles. The number of fused-ring (bicyclic) bond motifs is 1. The molecular formula is C18H20N4O. The molecule has 5 nitrogen and oxygen atoms in total. The van der Waals surface area contributed by atoms with E-state index in [-0.39, 0.29) is 6.10 Å². The SMILES string of the molecule is CCC(CNc1ccc2nccnc2n1)Oc1cccc(C)c1. The van der Waals surface area contributed by atoms with Crippen LogP contribution in [0.15, 0.2) is 48.8 Å². The number of rotatable bonds is 6. The lowest BCUT2D eigenvalue weighted by Gasteiger charge is -2.18. The largest absolute Gasteiger partial charge is 0.489 e. The van der Waals surface area contributed by atoms with E-state index < -0.39 is 0 Å². The molecule has 2 heterocycles. The van der Waals surface area contributed by atoms with Gasteiger partial charge >= 0.3 is 0 Å². The van der Waals surface area contributed by atoms with Crippen LogP contribution in [0.5, 0.6) is 5.75 Å². The Morgan fingerprint density at radius 3 is 2.83 bits per heavy atom. The van der Waals surface area contributed by atoms with E-state index in [4.69, 9.17) is 4.74 Å². The monoisotopic (exact) mass is 308 g/mol. The molecule has 0 fully saturated rings. The van der Waals surface area contributed by atoms with E-state index in [1.165, 1.54) is 5.56 Å². The van der Waals surface area contributed by atoms with Crippen molar-refractivity contribution in [3.63, 3.8) is 0 Å². The van der Waals surface area contributed by atoms with Gasteiger partial charge in [-0.3, -0.25) is 4.98 Å². The minimum absolute atomic E-state index is 0.0798. The highest BCUT2D eigenvalue weighted by Gasteiger charge is 2.09. The van der Waals surface area contributed by atoms with Crippen molar-refractivity contribution in [2.75, 3.05) is 11.9 Å². The van der Waals surface area contributed by atoms with E-state index in [1.807, 2.05) is 30.3 Å². The van der Waals surface area contributed by atoms with Crippen molar-refractivity contribution in [2.45, 2.75) is 26.4 Å². The van der Waals surface area contributed by atoms with Crippen LogP contribution >= 0.6 is 0 Å². The number of nitrogens with one attached hydrogen (secondary N) is 1. The van der Waals surface area contributed by atoms with Crippen molar-refractivity contribution in [1.29, 1.82) is 0 Å². The number of hydrogen-bond acceptors (Lipinski definition) is 5. The van der Waals surface area contributed by atoms with Crippen LogP contribution in [0.2, 0.25) is 0 Å². The van der Waals surface area contributed by atoms with Gasteiger partial charge in [0.15, 0.2) is 5.65 Å². The number of benzene rings is 1. The van der Waals surface area contributed by atoms with Gasteiger partial charge in [0.2, 0.25) is 0 Å². The molecule has 0 aliphatic rings. The summed E-state index contributed by atoms with van der Waals surface area (Å²) in [5.74, 6) is 1.68. The van der Waals surface area contributed by atoms with Gasteiger partial charge in [0, 0.05) is 12.4 Å². The molecule has 0 saturated carbocycles. The smallest absolute Gasteiger partial charge is 0.180 e. The third-order valence-electron chi connectivity index (χ3n) is 3.59. The maximum absolute atomic E-state index is 6.04. The Morgan fingerprint density at radius 2 is 2.00 bits per heavy atom. The van der Waals surface area contributed by atoms with E-state index >= 15 is 0 Å². The van der Waals surface area contributed by atoms with Gasteiger partial charge < -0.3 is 10.1 Å². The molecule has 1 N–H and O–H groups in total. The summed E-state index contributed by atoms with van der Waals surface area (Å²) in [5.41, 5.74) is 2.63. The minimum atomic E-state index is 0.0798. The fourth-order valence-electron chi connectivity index (χ4n) is 2.32. The van der Waals surface area contributed by atoms with Crippen LogP contribution in [0, 0.1) is 6.92 Å². The number of ether oxygens (including phenoxy) is 1. The highest BCUT2D eigenvalue weighted by atomic mass is 16.5. The number of pyridine rings is 1. The standard InChI is InChI=1S/C18H20N4O/c1-3-14(23-15-6-4-5-13(2)11-15)12-21-17-8-7-16-18(22-17)20-10-9-19-16/h4-11,14H,3,12H2,1-2H3,(H,20,21,22). The molecule has 3 rings (SSSR count). The molecule has 1 aromatic carbocycles. The molecule has 0 saturated heterocycles. The zero-order chi connectivity index (χ0) is 16.1. The molecule has 0 spiro atoms. The van der Waals surface area contributed by atoms with Crippen molar-refractivity contribution in [1.82, 2.24) is 15.0 Å². The van der Waals surface area contributed by atoms with Crippen LogP contribution in [-0.4, -0.2) is 27.6 Å². The average molecular weight is 308 g/mol. The first-order valence-electron chi connectivity index (χ1n) is 7.79. The molecular weight excluding hydrogens is 288 g/mol. The molecule has 23 heavy (non-hydrogen) atoms. The molecule has 5 heteroatoms. The van der Waals surface area contributed by atoms with Crippen LogP contribution in [0.25, 0.3) is 11.2 Å². The molecule has 1 atom stereocenters. The van der Waals surface area contributed by atoms with Crippen molar-refractivity contribution in [2.24, 2.45) is 0 Å². The Balaban J connectivity index is 1.64. The van der Waals surface area contributed by atoms with Gasteiger partial charge in [0.05, 0.1) is 6.54 Å². The summed E-state index contributed by atoms with van der Waals surface area (Å²) in [5, 5.41) is 3.32. The number of nitrogens with zero attached hydrogens (tertiary/aromatic N) is 3. The fourth-order valence-corrected chi connectivity index (χ4v) is 2.32. The number of aromatic nitrogens is 3. The van der Waals surface area contributed by atoms with Gasteiger partial charge in [0.25, 0.3) is 0 Å². The predicted molar refractivity (Wildman–Crippen MR) is 91.7 cm³/mol. The lowest BCUT2D eigenvalue weighted by molar-refractivity contribution is 0.210. The van der Waals surface area contributed by atoms with Crippen molar-refractivity contribution < 1.29 is 4.74 Å². The Kier molecular flexibility index (Phi) is 4.66. The first-order chi connectivity index (χ1) is 11.2. The molecule has 1 unspecified atom stereocenters. The van der Waals surface area contributed by atoms with Crippen LogP contribution < -0.4 is 10.1 Å². The normalized spacial score (nSPS) is 12.1. The molecule has 0 aliphatic carbocycles. The summed E-state index contributed by atoms with van der Waals surface area (Å²) >= 11 is 0. The van der Waals surface area contributed by atoms with Gasteiger partial charge in [-0.1, -0.05) is 19.1 Å². The summed E-state index contributed by atoms with van der Waals surface area (Å²) in [6.07, 6.45) is 4.31. The lowest BCUT2D eigenvalue weighted by Crippen LogP contribution is -2.25. The second kappa shape index (κ2) is 7.05. The topological polar surface area (TPSA) is 59.9 Å². The third kappa shape index (κ3) is 3.94. The maximum atomic E-state index is 6.04. The van der Waals surface area contributed by atoms with E-state index in [0.29, 0.717) is 12.2 Å². The van der Waals surface area contributed by atoms with E-state index in [2.05, 4.69) is 40.2 Å². The second-order valence-electron chi connectivity index (χ2n) is 5.44. The highest BCUT2D eigenvalue weighted by molar-refractivity contribution is 5.71. The van der Waals surface area contributed by atoms with Crippen LogP contribution in [-0.2, 0) is 0 Å². The molecule has 0 bridgehead atoms. The van der Waals surface area contributed by atoms with Crippen LogP contribution in [0.1, 0.15) is 18.9 Å². The van der Waals surface area contributed by atoms with E-state index in [1.54, 1.807) is 12.4 Å². The van der Waals surface area contributed by atoms with Crippen molar-refractivity contribution >= 4 is 17.0 Å². The molecule has 0 amide bonds. The van der Waals surface area contributed by atoms with Gasteiger partial charge in [-0.15, -0.1) is 0 Å². The fraction of sp³-hybridized carbons (Fsp3) is 0.278. The van der Waals surface area contributed by atoms with E-state index in [9.17, 15) is 0 Å². The second-order valence-corrected chi connectivity index (χ2v) is 5.44. The molecule has 118 valence electrons. The first kappa shape index (κ1) is 15.2. The van der Waals surface area contributed by atoms with Gasteiger partial charge in [0.1, 0.15) is 23.2 Å². The minimum Gasteiger partial charge on any atom is -0.489 e. The Labute approximate surface area is 135 Å². The Bertz CT molecular complexity index is 791. The van der Waals surface area contributed by atoms with Crippen molar-refractivity contribution in [3.8, 4) is 5.75 Å². The Morgan fingerprint density at radius 1 is 1.13 bits per heavy atom. The average Bonchev–Trinajstić information content (AvgIpc) is 2.58. The zero-order valence-corrected chi connectivity index (χ0v) is 13.4. The quantitative estimate of drug-likeness (QED) is 0.754.